The van der Waals surface area contributed by atoms with Gasteiger partial charge in [0, 0.05) is 25.2 Å². The lowest BCUT2D eigenvalue weighted by Crippen LogP contribution is -2.48. The SMILES string of the molecule is CCC(CC)C(CNC1CCOC(C(C)C)C1)N(C)C. The van der Waals surface area contributed by atoms with Crippen molar-refractivity contribution in [2.24, 2.45) is 11.8 Å². The molecule has 0 saturated carbocycles. The van der Waals surface area contributed by atoms with Gasteiger partial charge in [0.2, 0.25) is 0 Å². The van der Waals surface area contributed by atoms with E-state index in [2.05, 4.69) is 52.0 Å². The van der Waals surface area contributed by atoms with Crippen LogP contribution in [0.4, 0.5) is 0 Å². The fraction of sp³-hybridized carbons (Fsp3) is 1.00. The molecule has 120 valence electrons. The molecule has 0 amide bonds. The number of hydrogen-bond donors (Lipinski definition) is 1. The van der Waals surface area contributed by atoms with Gasteiger partial charge in [-0.1, -0.05) is 40.5 Å². The van der Waals surface area contributed by atoms with Gasteiger partial charge in [-0.15, -0.1) is 0 Å². The van der Waals surface area contributed by atoms with E-state index in [0.29, 0.717) is 24.1 Å². The van der Waals surface area contributed by atoms with Gasteiger partial charge in [0.1, 0.15) is 0 Å². The average molecular weight is 284 g/mol. The Balaban J connectivity index is 2.46. The van der Waals surface area contributed by atoms with Crippen LogP contribution >= 0.6 is 0 Å². The third-order valence-corrected chi connectivity index (χ3v) is 4.93. The minimum Gasteiger partial charge on any atom is -0.378 e. The molecule has 1 N–H and O–H groups in total. The van der Waals surface area contributed by atoms with Crippen molar-refractivity contribution < 1.29 is 4.74 Å². The van der Waals surface area contributed by atoms with Crippen LogP contribution in [0.2, 0.25) is 0 Å². The largest absolute Gasteiger partial charge is 0.378 e. The van der Waals surface area contributed by atoms with Crippen molar-refractivity contribution in [3.8, 4) is 0 Å². The van der Waals surface area contributed by atoms with E-state index >= 15 is 0 Å². The molecule has 1 rings (SSSR count). The molecule has 0 aliphatic carbocycles. The fourth-order valence-corrected chi connectivity index (χ4v) is 3.37. The van der Waals surface area contributed by atoms with E-state index in [4.69, 9.17) is 4.74 Å². The number of likely N-dealkylation sites (N-methyl/N-ethyl adjacent to an activating group) is 1. The minimum absolute atomic E-state index is 0.437. The van der Waals surface area contributed by atoms with Gasteiger partial charge in [-0.2, -0.15) is 0 Å². The van der Waals surface area contributed by atoms with Gasteiger partial charge in [-0.25, -0.2) is 0 Å². The summed E-state index contributed by atoms with van der Waals surface area (Å²) in [6.07, 6.45) is 5.30. The molecule has 3 atom stereocenters. The third-order valence-electron chi connectivity index (χ3n) is 4.93. The van der Waals surface area contributed by atoms with Gasteiger partial charge in [-0.05, 0) is 38.8 Å². The standard InChI is InChI=1S/C17H36N2O/c1-7-14(8-2)16(19(5)6)12-18-15-9-10-20-17(11-15)13(3)4/h13-18H,7-12H2,1-6H3. The van der Waals surface area contributed by atoms with Crippen molar-refractivity contribution in [3.63, 3.8) is 0 Å². The van der Waals surface area contributed by atoms with Crippen molar-refractivity contribution in [3.05, 3.63) is 0 Å². The first-order valence-corrected chi connectivity index (χ1v) is 8.50. The Morgan fingerprint density at radius 3 is 2.35 bits per heavy atom. The van der Waals surface area contributed by atoms with Crippen molar-refractivity contribution in [1.82, 2.24) is 10.2 Å². The summed E-state index contributed by atoms with van der Waals surface area (Å²) >= 11 is 0. The van der Waals surface area contributed by atoms with Gasteiger partial charge < -0.3 is 15.0 Å². The zero-order valence-corrected chi connectivity index (χ0v) is 14.5. The minimum atomic E-state index is 0.437. The van der Waals surface area contributed by atoms with Gasteiger partial charge >= 0.3 is 0 Å². The number of hydrogen-bond acceptors (Lipinski definition) is 3. The van der Waals surface area contributed by atoms with Crippen molar-refractivity contribution in [2.45, 2.75) is 71.6 Å². The smallest absolute Gasteiger partial charge is 0.0612 e. The summed E-state index contributed by atoms with van der Waals surface area (Å²) in [4.78, 5) is 2.39. The first kappa shape index (κ1) is 17.9. The second kappa shape index (κ2) is 9.01. The van der Waals surface area contributed by atoms with Crippen LogP contribution in [0.25, 0.3) is 0 Å². The molecule has 3 nitrogen and oxygen atoms in total. The van der Waals surface area contributed by atoms with E-state index in [-0.39, 0.29) is 0 Å². The molecule has 3 unspecified atom stereocenters. The second-order valence-corrected chi connectivity index (χ2v) is 6.89. The Labute approximate surface area is 126 Å². The lowest BCUT2D eigenvalue weighted by molar-refractivity contribution is -0.0253. The maximum atomic E-state index is 5.86. The molecule has 0 bridgehead atoms. The van der Waals surface area contributed by atoms with E-state index in [1.165, 1.54) is 19.3 Å². The molecule has 1 saturated heterocycles. The number of ether oxygens (including phenoxy) is 1. The van der Waals surface area contributed by atoms with Crippen LogP contribution in [-0.2, 0) is 4.74 Å². The van der Waals surface area contributed by atoms with Crippen LogP contribution in [0.1, 0.15) is 53.4 Å². The molecular formula is C17H36N2O. The molecule has 1 heterocycles. The predicted molar refractivity (Wildman–Crippen MR) is 87.1 cm³/mol. The Hall–Kier alpha value is -0.120. The summed E-state index contributed by atoms with van der Waals surface area (Å²) in [5.74, 6) is 1.42. The van der Waals surface area contributed by atoms with Crippen LogP contribution in [0.15, 0.2) is 0 Å². The summed E-state index contributed by atoms with van der Waals surface area (Å²) in [5, 5.41) is 3.82. The molecule has 0 radical (unpaired) electrons. The van der Waals surface area contributed by atoms with Crippen LogP contribution < -0.4 is 5.32 Å². The quantitative estimate of drug-likeness (QED) is 0.741. The number of nitrogens with one attached hydrogen (secondary N) is 1. The van der Waals surface area contributed by atoms with E-state index < -0.39 is 0 Å². The highest BCUT2D eigenvalue weighted by atomic mass is 16.5. The van der Waals surface area contributed by atoms with Crippen molar-refractivity contribution in [1.29, 1.82) is 0 Å². The first-order valence-electron chi connectivity index (χ1n) is 8.50. The summed E-state index contributed by atoms with van der Waals surface area (Å²) in [6.45, 7) is 11.2. The highest BCUT2D eigenvalue weighted by molar-refractivity contribution is 4.83. The van der Waals surface area contributed by atoms with E-state index in [1.54, 1.807) is 0 Å². The van der Waals surface area contributed by atoms with E-state index in [1.807, 2.05) is 0 Å². The summed E-state index contributed by atoms with van der Waals surface area (Å²) in [7, 11) is 4.43. The maximum Gasteiger partial charge on any atom is 0.0612 e. The topological polar surface area (TPSA) is 24.5 Å². The molecular weight excluding hydrogens is 248 g/mol. The average Bonchev–Trinajstić information content (AvgIpc) is 2.43. The normalized spacial score (nSPS) is 25.6. The van der Waals surface area contributed by atoms with Crippen LogP contribution in [-0.4, -0.2) is 50.3 Å². The molecule has 0 aromatic rings. The molecule has 1 aliphatic heterocycles. The highest BCUT2D eigenvalue weighted by Crippen LogP contribution is 2.21. The van der Waals surface area contributed by atoms with Crippen molar-refractivity contribution >= 4 is 0 Å². The molecule has 20 heavy (non-hydrogen) atoms. The van der Waals surface area contributed by atoms with E-state index in [9.17, 15) is 0 Å². The molecule has 1 aliphatic rings. The highest BCUT2D eigenvalue weighted by Gasteiger charge is 2.26. The Morgan fingerprint density at radius 2 is 1.85 bits per heavy atom. The van der Waals surface area contributed by atoms with Gasteiger partial charge in [0.05, 0.1) is 6.10 Å². The predicted octanol–water partition coefficient (Wildman–Crippen LogP) is 3.15. The molecule has 3 heteroatoms. The Kier molecular flexibility index (Phi) is 8.08. The summed E-state index contributed by atoms with van der Waals surface area (Å²) in [5.41, 5.74) is 0. The Bertz CT molecular complexity index is 251. The number of nitrogens with zero attached hydrogens (tertiary/aromatic N) is 1. The summed E-state index contributed by atoms with van der Waals surface area (Å²) < 4.78 is 5.86. The molecule has 0 aromatic heterocycles. The van der Waals surface area contributed by atoms with Crippen LogP contribution in [0.5, 0.6) is 0 Å². The Morgan fingerprint density at radius 1 is 1.20 bits per heavy atom. The lowest BCUT2D eigenvalue weighted by Gasteiger charge is -2.36. The van der Waals surface area contributed by atoms with Crippen molar-refractivity contribution in [2.75, 3.05) is 27.2 Å². The molecule has 0 spiro atoms. The molecule has 0 aromatic carbocycles. The third kappa shape index (κ3) is 5.34. The lowest BCUT2D eigenvalue weighted by atomic mass is 9.91. The zero-order valence-electron chi connectivity index (χ0n) is 14.5. The fourth-order valence-electron chi connectivity index (χ4n) is 3.37. The van der Waals surface area contributed by atoms with Gasteiger partial charge in [0.15, 0.2) is 0 Å². The van der Waals surface area contributed by atoms with E-state index in [0.717, 1.165) is 25.5 Å². The second-order valence-electron chi connectivity index (χ2n) is 6.89. The van der Waals surface area contributed by atoms with Gasteiger partial charge in [-0.3, -0.25) is 0 Å². The first-order chi connectivity index (χ1) is 9.49. The maximum absolute atomic E-state index is 5.86. The monoisotopic (exact) mass is 284 g/mol. The summed E-state index contributed by atoms with van der Waals surface area (Å²) in [6, 6.07) is 1.28. The van der Waals surface area contributed by atoms with Gasteiger partial charge in [0.25, 0.3) is 0 Å². The van der Waals surface area contributed by atoms with Crippen LogP contribution in [0, 0.1) is 11.8 Å². The number of rotatable bonds is 8. The zero-order chi connectivity index (χ0) is 15.1. The molecule has 1 fully saturated rings. The van der Waals surface area contributed by atoms with Crippen LogP contribution in [0.3, 0.4) is 0 Å².